The maximum Gasteiger partial charge on any atom is 0.315 e. The van der Waals surface area contributed by atoms with Crippen LogP contribution >= 0.6 is 11.3 Å². The zero-order valence-corrected chi connectivity index (χ0v) is 11.7. The standard InChI is InChI=1S/C11H18N4O3S/c1-2-3-6-18-7-4-5-12-9(16)10(17)14-11-15-13-8-19-11/h8H,2-7H2,1H3,(H,12,16)(H,14,15,17). The number of carbonyl (C=O) groups is 2. The van der Waals surface area contributed by atoms with Crippen molar-refractivity contribution in [2.45, 2.75) is 26.2 Å². The zero-order chi connectivity index (χ0) is 13.9. The minimum Gasteiger partial charge on any atom is -0.381 e. The Balaban J connectivity index is 2.05. The van der Waals surface area contributed by atoms with Crippen LogP contribution in [-0.2, 0) is 14.3 Å². The first kappa shape index (κ1) is 15.5. The molecular formula is C11H18N4O3S. The van der Waals surface area contributed by atoms with Crippen molar-refractivity contribution < 1.29 is 14.3 Å². The molecule has 0 aliphatic heterocycles. The van der Waals surface area contributed by atoms with Crippen molar-refractivity contribution in [3.63, 3.8) is 0 Å². The summed E-state index contributed by atoms with van der Waals surface area (Å²) in [6.45, 7) is 3.83. The van der Waals surface area contributed by atoms with Crippen LogP contribution in [-0.4, -0.2) is 41.8 Å². The number of anilines is 1. The van der Waals surface area contributed by atoms with E-state index in [1.807, 2.05) is 0 Å². The number of nitrogens with zero attached hydrogens (tertiary/aromatic N) is 2. The summed E-state index contributed by atoms with van der Waals surface area (Å²) in [5.41, 5.74) is 1.47. The number of hydrogen-bond donors (Lipinski definition) is 2. The van der Waals surface area contributed by atoms with Crippen LogP contribution in [0.2, 0.25) is 0 Å². The lowest BCUT2D eigenvalue weighted by Crippen LogP contribution is -2.36. The second-order valence-corrected chi connectivity index (χ2v) is 4.61. The first-order chi connectivity index (χ1) is 9.24. The van der Waals surface area contributed by atoms with Gasteiger partial charge in [-0.05, 0) is 12.8 Å². The minimum atomic E-state index is -0.733. The molecule has 106 valence electrons. The summed E-state index contributed by atoms with van der Waals surface area (Å²) in [7, 11) is 0. The molecule has 1 heterocycles. The smallest absolute Gasteiger partial charge is 0.315 e. The van der Waals surface area contributed by atoms with Gasteiger partial charge in [0.1, 0.15) is 5.51 Å². The summed E-state index contributed by atoms with van der Waals surface area (Å²) in [5.74, 6) is -1.41. The third-order valence-corrected chi connectivity index (χ3v) is 2.79. The first-order valence-corrected chi connectivity index (χ1v) is 7.05. The van der Waals surface area contributed by atoms with Crippen LogP contribution in [0.3, 0.4) is 0 Å². The van der Waals surface area contributed by atoms with Gasteiger partial charge in [-0.3, -0.25) is 14.9 Å². The maximum atomic E-state index is 11.4. The molecule has 2 N–H and O–H groups in total. The van der Waals surface area contributed by atoms with Crippen LogP contribution in [0.25, 0.3) is 0 Å². The summed E-state index contributed by atoms with van der Waals surface area (Å²) in [5, 5.41) is 12.3. The van der Waals surface area contributed by atoms with Crippen molar-refractivity contribution in [2.75, 3.05) is 25.1 Å². The molecule has 0 unspecified atom stereocenters. The SMILES string of the molecule is CCCCOCCCNC(=O)C(=O)Nc1nncs1. The topological polar surface area (TPSA) is 93.2 Å². The molecular weight excluding hydrogens is 268 g/mol. The van der Waals surface area contributed by atoms with E-state index in [9.17, 15) is 9.59 Å². The third-order valence-electron chi connectivity index (χ3n) is 2.18. The fourth-order valence-corrected chi connectivity index (χ4v) is 1.63. The summed E-state index contributed by atoms with van der Waals surface area (Å²) in [6.07, 6.45) is 2.82. The van der Waals surface area contributed by atoms with Crippen molar-refractivity contribution in [1.29, 1.82) is 0 Å². The van der Waals surface area contributed by atoms with Gasteiger partial charge in [-0.1, -0.05) is 24.7 Å². The summed E-state index contributed by atoms with van der Waals surface area (Å²) in [6, 6.07) is 0. The predicted octanol–water partition coefficient (Wildman–Crippen LogP) is 0.800. The van der Waals surface area contributed by atoms with Crippen molar-refractivity contribution in [1.82, 2.24) is 15.5 Å². The Morgan fingerprint density at radius 1 is 1.32 bits per heavy atom. The molecule has 1 aromatic rings. The van der Waals surface area contributed by atoms with E-state index in [4.69, 9.17) is 4.74 Å². The molecule has 0 spiro atoms. The average Bonchev–Trinajstić information content (AvgIpc) is 2.90. The first-order valence-electron chi connectivity index (χ1n) is 6.17. The van der Waals surface area contributed by atoms with Crippen LogP contribution in [0.5, 0.6) is 0 Å². The normalized spacial score (nSPS) is 10.2. The third kappa shape index (κ3) is 6.82. The number of nitrogens with one attached hydrogen (secondary N) is 2. The number of hydrogen-bond acceptors (Lipinski definition) is 6. The van der Waals surface area contributed by atoms with Gasteiger partial charge in [0.05, 0.1) is 0 Å². The molecule has 0 atom stereocenters. The highest BCUT2D eigenvalue weighted by atomic mass is 32.1. The largest absolute Gasteiger partial charge is 0.381 e. The number of rotatable bonds is 8. The number of aromatic nitrogens is 2. The zero-order valence-electron chi connectivity index (χ0n) is 10.8. The quantitative estimate of drug-likeness (QED) is 0.544. The van der Waals surface area contributed by atoms with E-state index < -0.39 is 11.8 Å². The highest BCUT2D eigenvalue weighted by Crippen LogP contribution is 2.06. The average molecular weight is 286 g/mol. The molecule has 0 fully saturated rings. The summed E-state index contributed by atoms with van der Waals surface area (Å²) in [4.78, 5) is 22.8. The van der Waals surface area contributed by atoms with Crippen molar-refractivity contribution in [2.24, 2.45) is 0 Å². The lowest BCUT2D eigenvalue weighted by molar-refractivity contribution is -0.136. The second kappa shape index (κ2) is 9.40. The molecule has 0 aromatic carbocycles. The number of unbranched alkanes of at least 4 members (excludes halogenated alkanes) is 1. The van der Waals surface area contributed by atoms with E-state index in [0.717, 1.165) is 30.8 Å². The van der Waals surface area contributed by atoms with Gasteiger partial charge in [-0.2, -0.15) is 0 Å². The fourth-order valence-electron chi connectivity index (χ4n) is 1.19. The second-order valence-electron chi connectivity index (χ2n) is 3.77. The number of amides is 2. The van der Waals surface area contributed by atoms with Crippen LogP contribution in [0.1, 0.15) is 26.2 Å². The van der Waals surface area contributed by atoms with Crippen LogP contribution < -0.4 is 10.6 Å². The van der Waals surface area contributed by atoms with Gasteiger partial charge < -0.3 is 10.1 Å². The molecule has 2 amide bonds. The highest BCUT2D eigenvalue weighted by Gasteiger charge is 2.14. The minimum absolute atomic E-state index is 0.308. The van der Waals surface area contributed by atoms with Crippen molar-refractivity contribution in [3.8, 4) is 0 Å². The molecule has 0 bridgehead atoms. The molecule has 7 nitrogen and oxygen atoms in total. The van der Waals surface area contributed by atoms with Crippen molar-refractivity contribution in [3.05, 3.63) is 5.51 Å². The van der Waals surface area contributed by atoms with Gasteiger partial charge in [-0.15, -0.1) is 10.2 Å². The fraction of sp³-hybridized carbons (Fsp3) is 0.636. The Kier molecular flexibility index (Phi) is 7.68. The van der Waals surface area contributed by atoms with Crippen LogP contribution in [0.15, 0.2) is 5.51 Å². The van der Waals surface area contributed by atoms with Gasteiger partial charge in [0, 0.05) is 19.8 Å². The monoisotopic (exact) mass is 286 g/mol. The Labute approximate surface area is 115 Å². The number of ether oxygens (including phenoxy) is 1. The lowest BCUT2D eigenvalue weighted by atomic mass is 10.3. The van der Waals surface area contributed by atoms with Crippen LogP contribution in [0.4, 0.5) is 5.13 Å². The van der Waals surface area contributed by atoms with Gasteiger partial charge in [0.15, 0.2) is 0 Å². The van der Waals surface area contributed by atoms with E-state index in [1.54, 1.807) is 0 Å². The maximum absolute atomic E-state index is 11.4. The Morgan fingerprint density at radius 2 is 2.11 bits per heavy atom. The van der Waals surface area contributed by atoms with Gasteiger partial charge in [0.2, 0.25) is 5.13 Å². The van der Waals surface area contributed by atoms with E-state index in [2.05, 4.69) is 27.8 Å². The van der Waals surface area contributed by atoms with Crippen LogP contribution in [0, 0.1) is 0 Å². The van der Waals surface area contributed by atoms with E-state index >= 15 is 0 Å². The van der Waals surface area contributed by atoms with Gasteiger partial charge in [-0.25, -0.2) is 0 Å². The number of carbonyl (C=O) groups excluding carboxylic acids is 2. The van der Waals surface area contributed by atoms with E-state index in [-0.39, 0.29) is 0 Å². The molecule has 8 heteroatoms. The predicted molar refractivity (Wildman–Crippen MR) is 71.9 cm³/mol. The molecule has 0 radical (unpaired) electrons. The molecule has 1 aromatic heterocycles. The summed E-state index contributed by atoms with van der Waals surface area (Å²) >= 11 is 1.15. The molecule has 0 saturated carbocycles. The lowest BCUT2D eigenvalue weighted by Gasteiger charge is -2.05. The van der Waals surface area contributed by atoms with E-state index in [0.29, 0.717) is 24.7 Å². The summed E-state index contributed by atoms with van der Waals surface area (Å²) < 4.78 is 5.33. The van der Waals surface area contributed by atoms with Crippen molar-refractivity contribution >= 4 is 28.3 Å². The van der Waals surface area contributed by atoms with Gasteiger partial charge in [0.25, 0.3) is 0 Å². The molecule has 19 heavy (non-hydrogen) atoms. The molecule has 0 saturated heterocycles. The van der Waals surface area contributed by atoms with Gasteiger partial charge >= 0.3 is 11.8 Å². The molecule has 1 rings (SSSR count). The Bertz CT molecular complexity index is 383. The highest BCUT2D eigenvalue weighted by molar-refractivity contribution is 7.13. The Morgan fingerprint density at radius 3 is 2.79 bits per heavy atom. The Hall–Kier alpha value is -1.54. The molecule has 0 aliphatic rings. The van der Waals surface area contributed by atoms with E-state index in [1.165, 1.54) is 5.51 Å². The molecule has 0 aliphatic carbocycles.